The number of fused-ring (bicyclic) bond motifs is 1. The molecule has 2 aromatic rings. The zero-order valence-corrected chi connectivity index (χ0v) is 16.7. The summed E-state index contributed by atoms with van der Waals surface area (Å²) < 4.78 is 35.7. The van der Waals surface area contributed by atoms with Crippen molar-refractivity contribution in [2.45, 2.75) is 57.6 Å². The van der Waals surface area contributed by atoms with Crippen molar-refractivity contribution in [1.82, 2.24) is 4.57 Å². The first-order valence-electron chi connectivity index (χ1n) is 10.3. The second-order valence-electron chi connectivity index (χ2n) is 7.94. The average molecular weight is 415 g/mol. The van der Waals surface area contributed by atoms with E-state index in [1.165, 1.54) is 6.20 Å². The Hall–Kier alpha value is -2.72. The lowest BCUT2D eigenvalue weighted by molar-refractivity contribution is 0.0524. The highest BCUT2D eigenvalue weighted by molar-refractivity contribution is 5.95. The van der Waals surface area contributed by atoms with Gasteiger partial charge in [-0.3, -0.25) is 4.79 Å². The number of hydrogen-bond donors (Lipinski definition) is 1. The molecule has 2 saturated carbocycles. The number of hydrogen-bond acceptors (Lipinski definition) is 4. The summed E-state index contributed by atoms with van der Waals surface area (Å²) >= 11 is 0. The summed E-state index contributed by atoms with van der Waals surface area (Å²) in [4.78, 5) is 25.1. The third-order valence-corrected chi connectivity index (χ3v) is 5.84. The molecule has 0 aliphatic heterocycles. The van der Waals surface area contributed by atoms with Crippen LogP contribution in [-0.2, 0) is 4.74 Å². The number of pyridine rings is 1. The number of aromatic nitrogens is 1. The van der Waals surface area contributed by atoms with Crippen LogP contribution in [0.15, 0.2) is 17.1 Å². The fourth-order valence-electron chi connectivity index (χ4n) is 4.10. The average Bonchev–Trinajstić information content (AvgIpc) is 3.48. The molecule has 0 unspecified atom stereocenters. The second-order valence-corrected chi connectivity index (χ2v) is 7.94. The molecule has 2 aliphatic rings. The summed E-state index contributed by atoms with van der Waals surface area (Å²) in [7, 11) is 0. The van der Waals surface area contributed by atoms with Gasteiger partial charge in [0.2, 0.25) is 5.43 Å². The van der Waals surface area contributed by atoms with Gasteiger partial charge in [-0.1, -0.05) is 18.3 Å². The fraction of sp³-hybridized carbons (Fsp3) is 0.478. The minimum Gasteiger partial charge on any atom is -0.462 e. The zero-order chi connectivity index (χ0) is 21.4. The second kappa shape index (κ2) is 8.19. The first kappa shape index (κ1) is 20.5. The first-order chi connectivity index (χ1) is 14.4. The number of carbonyl (C=O) groups is 1. The van der Waals surface area contributed by atoms with Gasteiger partial charge in [-0.05, 0) is 44.6 Å². The van der Waals surface area contributed by atoms with Crippen LogP contribution in [0.4, 0.5) is 8.78 Å². The van der Waals surface area contributed by atoms with E-state index in [0.29, 0.717) is 6.42 Å². The van der Waals surface area contributed by atoms with Crippen LogP contribution in [-0.4, -0.2) is 28.4 Å². The lowest BCUT2D eigenvalue weighted by Crippen LogP contribution is -2.22. The van der Waals surface area contributed by atoms with Crippen molar-refractivity contribution in [2.75, 3.05) is 6.61 Å². The number of esters is 1. The van der Waals surface area contributed by atoms with E-state index in [9.17, 15) is 23.5 Å². The molecule has 1 heterocycles. The Morgan fingerprint density at radius 2 is 2.07 bits per heavy atom. The lowest BCUT2D eigenvalue weighted by atomic mass is 10.0. The van der Waals surface area contributed by atoms with Gasteiger partial charge in [0, 0.05) is 18.7 Å². The van der Waals surface area contributed by atoms with Gasteiger partial charge in [-0.25, -0.2) is 13.6 Å². The highest BCUT2D eigenvalue weighted by Crippen LogP contribution is 2.38. The van der Waals surface area contributed by atoms with E-state index in [1.54, 1.807) is 11.5 Å². The van der Waals surface area contributed by atoms with Crippen LogP contribution < -0.4 is 5.43 Å². The summed E-state index contributed by atoms with van der Waals surface area (Å²) in [6.45, 7) is 1.73. The van der Waals surface area contributed by atoms with Gasteiger partial charge < -0.3 is 14.4 Å². The van der Waals surface area contributed by atoms with Crippen LogP contribution in [0.1, 0.15) is 67.4 Å². The molecule has 2 atom stereocenters. The maximum absolute atomic E-state index is 14.8. The van der Waals surface area contributed by atoms with E-state index in [4.69, 9.17) is 4.74 Å². The summed E-state index contributed by atoms with van der Waals surface area (Å²) in [6.07, 6.45) is 5.42. The van der Waals surface area contributed by atoms with Gasteiger partial charge in [0.15, 0.2) is 11.6 Å². The highest BCUT2D eigenvalue weighted by Gasteiger charge is 2.30. The molecule has 1 N–H and O–H groups in total. The molecule has 0 saturated heterocycles. The quantitative estimate of drug-likeness (QED) is 0.611. The van der Waals surface area contributed by atoms with Gasteiger partial charge >= 0.3 is 5.97 Å². The van der Waals surface area contributed by atoms with Crippen LogP contribution in [0.3, 0.4) is 0 Å². The number of halogens is 2. The van der Waals surface area contributed by atoms with Crippen LogP contribution >= 0.6 is 0 Å². The minimum absolute atomic E-state index is 0.0108. The van der Waals surface area contributed by atoms with Crippen molar-refractivity contribution in [2.24, 2.45) is 5.92 Å². The third-order valence-electron chi connectivity index (χ3n) is 5.84. The minimum atomic E-state index is -1.19. The predicted molar refractivity (Wildman–Crippen MR) is 107 cm³/mol. The maximum Gasteiger partial charge on any atom is 0.343 e. The number of nitrogens with zero attached hydrogens (tertiary/aromatic N) is 1. The third kappa shape index (κ3) is 3.72. The molecule has 7 heteroatoms. The standard InChI is InChI=1S/C23H23F2NO4/c1-2-30-23(29)17-12-26(14-9-10-14)21-15(7-3-5-13-6-4-8-19(13)27)20(25)18(24)11-16(21)22(17)28/h11-14,19,27H,2,4-6,8-10H2,1H3/t13-,19-/m0/s1. The lowest BCUT2D eigenvalue weighted by Gasteiger charge is -2.15. The normalized spacial score (nSPS) is 20.8. The van der Waals surface area contributed by atoms with E-state index in [0.717, 1.165) is 38.2 Å². The van der Waals surface area contributed by atoms with Crippen molar-refractivity contribution in [3.63, 3.8) is 0 Å². The van der Waals surface area contributed by atoms with Gasteiger partial charge in [0.05, 0.1) is 29.2 Å². The van der Waals surface area contributed by atoms with Crippen LogP contribution in [0, 0.1) is 29.4 Å². The molecule has 0 radical (unpaired) electrons. The predicted octanol–water partition coefficient (Wildman–Crippen LogP) is 3.69. The molecule has 2 fully saturated rings. The van der Waals surface area contributed by atoms with E-state index in [2.05, 4.69) is 11.8 Å². The molecule has 1 aromatic carbocycles. The van der Waals surface area contributed by atoms with E-state index in [-0.39, 0.29) is 40.6 Å². The molecular formula is C23H23F2NO4. The molecule has 0 amide bonds. The van der Waals surface area contributed by atoms with Gasteiger partial charge in [-0.15, -0.1) is 0 Å². The van der Waals surface area contributed by atoms with Gasteiger partial charge in [0.25, 0.3) is 0 Å². The Morgan fingerprint density at radius 1 is 1.30 bits per heavy atom. The number of ether oxygens (including phenoxy) is 1. The largest absolute Gasteiger partial charge is 0.462 e. The number of carbonyl (C=O) groups excluding carboxylic acids is 1. The monoisotopic (exact) mass is 415 g/mol. The molecule has 158 valence electrons. The number of benzene rings is 1. The Kier molecular flexibility index (Phi) is 5.61. The van der Waals surface area contributed by atoms with Crippen LogP contribution in [0.2, 0.25) is 0 Å². The molecule has 4 rings (SSSR count). The zero-order valence-electron chi connectivity index (χ0n) is 16.7. The summed E-state index contributed by atoms with van der Waals surface area (Å²) in [6, 6.07) is 0.823. The molecule has 0 bridgehead atoms. The Bertz CT molecular complexity index is 1120. The Labute approximate surface area is 172 Å². The van der Waals surface area contributed by atoms with Crippen molar-refractivity contribution in [3.05, 3.63) is 45.2 Å². The summed E-state index contributed by atoms with van der Waals surface area (Å²) in [5.41, 5.74) is -0.880. The molecule has 5 nitrogen and oxygen atoms in total. The van der Waals surface area contributed by atoms with Crippen molar-refractivity contribution in [3.8, 4) is 11.8 Å². The number of aliphatic hydroxyl groups is 1. The molecule has 2 aliphatic carbocycles. The summed E-state index contributed by atoms with van der Waals surface area (Å²) in [5, 5.41) is 9.87. The van der Waals surface area contributed by atoms with E-state index in [1.807, 2.05) is 0 Å². The SMILES string of the molecule is CCOC(=O)c1cn(C2CC2)c2c(C#CC[C@H]3CCC[C@@H]3O)c(F)c(F)cc2c1=O. The Morgan fingerprint density at radius 3 is 2.70 bits per heavy atom. The number of aliphatic hydroxyl groups excluding tert-OH is 1. The topological polar surface area (TPSA) is 68.5 Å². The number of rotatable bonds is 4. The molecule has 30 heavy (non-hydrogen) atoms. The van der Waals surface area contributed by atoms with E-state index >= 15 is 0 Å². The van der Waals surface area contributed by atoms with Crippen LogP contribution in [0.5, 0.6) is 0 Å². The van der Waals surface area contributed by atoms with Crippen molar-refractivity contribution in [1.29, 1.82) is 0 Å². The van der Waals surface area contributed by atoms with Gasteiger partial charge in [0.1, 0.15) is 5.56 Å². The van der Waals surface area contributed by atoms with Crippen molar-refractivity contribution < 1.29 is 23.4 Å². The van der Waals surface area contributed by atoms with E-state index < -0.39 is 29.1 Å². The van der Waals surface area contributed by atoms with Gasteiger partial charge in [-0.2, -0.15) is 0 Å². The Balaban J connectivity index is 1.88. The molecule has 1 aromatic heterocycles. The fourth-order valence-corrected chi connectivity index (χ4v) is 4.10. The maximum atomic E-state index is 14.8. The molecule has 0 spiro atoms. The smallest absolute Gasteiger partial charge is 0.343 e. The van der Waals surface area contributed by atoms with Crippen LogP contribution in [0.25, 0.3) is 10.9 Å². The van der Waals surface area contributed by atoms with Crippen molar-refractivity contribution >= 4 is 16.9 Å². The summed E-state index contributed by atoms with van der Waals surface area (Å²) in [5.74, 6) is 2.52. The highest BCUT2D eigenvalue weighted by atomic mass is 19.2. The first-order valence-corrected chi connectivity index (χ1v) is 10.3. The molecular weight excluding hydrogens is 392 g/mol.